The van der Waals surface area contributed by atoms with E-state index in [1.54, 1.807) is 6.33 Å². The number of nitrogens with zero attached hydrogens (tertiary/aromatic N) is 5. The van der Waals surface area contributed by atoms with Crippen molar-refractivity contribution in [2.75, 3.05) is 50.1 Å². The Morgan fingerprint density at radius 3 is 2.29 bits per heavy atom. The van der Waals surface area contributed by atoms with Crippen molar-refractivity contribution in [3.05, 3.63) is 47.9 Å². The molecule has 0 N–H and O–H groups in total. The number of carbonyl (C=O) groups is 1. The molecule has 126 valence electrons. The average Bonchev–Trinajstić information content (AvgIpc) is 2.61. The van der Waals surface area contributed by atoms with E-state index < -0.39 is 0 Å². The van der Waals surface area contributed by atoms with E-state index in [0.29, 0.717) is 13.1 Å². The van der Waals surface area contributed by atoms with Gasteiger partial charge in [-0.25, -0.2) is 9.97 Å². The molecular formula is C18H23N5O. The molecule has 1 aromatic heterocycles. The summed E-state index contributed by atoms with van der Waals surface area (Å²) in [6.07, 6.45) is 1.59. The van der Waals surface area contributed by atoms with Crippen molar-refractivity contribution in [2.24, 2.45) is 0 Å². The van der Waals surface area contributed by atoms with Crippen molar-refractivity contribution in [3.8, 4) is 0 Å². The lowest BCUT2D eigenvalue weighted by Gasteiger charge is -2.35. The SMILES string of the molecule is Cc1cc(N2CCN(C(=O)c3ccc(N(C)C)cc3)CC2)ncn1. The minimum absolute atomic E-state index is 0.0961. The van der Waals surface area contributed by atoms with Crippen LogP contribution in [0.1, 0.15) is 16.1 Å². The largest absolute Gasteiger partial charge is 0.378 e. The highest BCUT2D eigenvalue weighted by Gasteiger charge is 2.23. The zero-order chi connectivity index (χ0) is 17.1. The molecule has 0 aliphatic carbocycles. The van der Waals surface area contributed by atoms with Gasteiger partial charge in [-0.15, -0.1) is 0 Å². The maximum Gasteiger partial charge on any atom is 0.253 e. The Kier molecular flexibility index (Phi) is 4.64. The fourth-order valence-electron chi connectivity index (χ4n) is 2.84. The van der Waals surface area contributed by atoms with Crippen LogP contribution in [-0.4, -0.2) is 61.0 Å². The van der Waals surface area contributed by atoms with Crippen LogP contribution in [0.25, 0.3) is 0 Å². The monoisotopic (exact) mass is 325 g/mol. The summed E-state index contributed by atoms with van der Waals surface area (Å²) in [4.78, 5) is 27.2. The Bertz CT molecular complexity index is 706. The molecule has 0 unspecified atom stereocenters. The molecule has 1 aromatic carbocycles. The predicted molar refractivity (Wildman–Crippen MR) is 95.7 cm³/mol. The van der Waals surface area contributed by atoms with Gasteiger partial charge in [-0.1, -0.05) is 0 Å². The third-order valence-electron chi connectivity index (χ3n) is 4.31. The van der Waals surface area contributed by atoms with Crippen molar-refractivity contribution >= 4 is 17.4 Å². The summed E-state index contributed by atoms with van der Waals surface area (Å²) in [7, 11) is 3.98. The Labute approximate surface area is 142 Å². The normalized spacial score (nSPS) is 14.6. The summed E-state index contributed by atoms with van der Waals surface area (Å²) < 4.78 is 0. The lowest BCUT2D eigenvalue weighted by Crippen LogP contribution is -2.49. The van der Waals surface area contributed by atoms with Crippen molar-refractivity contribution < 1.29 is 4.79 Å². The third-order valence-corrected chi connectivity index (χ3v) is 4.31. The first kappa shape index (κ1) is 16.2. The van der Waals surface area contributed by atoms with Crippen LogP contribution < -0.4 is 9.80 Å². The van der Waals surface area contributed by atoms with Crippen molar-refractivity contribution in [2.45, 2.75) is 6.92 Å². The van der Waals surface area contributed by atoms with Gasteiger partial charge in [-0.05, 0) is 31.2 Å². The number of carbonyl (C=O) groups excluding carboxylic acids is 1. The number of hydrogen-bond acceptors (Lipinski definition) is 5. The van der Waals surface area contributed by atoms with E-state index in [-0.39, 0.29) is 5.91 Å². The van der Waals surface area contributed by atoms with Gasteiger partial charge in [0, 0.05) is 63.3 Å². The second-order valence-corrected chi connectivity index (χ2v) is 6.24. The van der Waals surface area contributed by atoms with Crippen molar-refractivity contribution in [3.63, 3.8) is 0 Å². The molecule has 6 nitrogen and oxygen atoms in total. The molecule has 24 heavy (non-hydrogen) atoms. The lowest BCUT2D eigenvalue weighted by molar-refractivity contribution is 0.0746. The van der Waals surface area contributed by atoms with Gasteiger partial charge in [0.2, 0.25) is 0 Å². The first-order valence-corrected chi connectivity index (χ1v) is 8.15. The van der Waals surface area contributed by atoms with Crippen LogP contribution in [0, 0.1) is 6.92 Å². The van der Waals surface area contributed by atoms with Crippen LogP contribution in [0.5, 0.6) is 0 Å². The summed E-state index contributed by atoms with van der Waals surface area (Å²) in [5.41, 5.74) is 2.79. The maximum atomic E-state index is 12.6. The third kappa shape index (κ3) is 3.48. The molecule has 1 aliphatic rings. The molecule has 0 atom stereocenters. The van der Waals surface area contributed by atoms with Gasteiger partial charge in [-0.2, -0.15) is 0 Å². The highest BCUT2D eigenvalue weighted by atomic mass is 16.2. The molecule has 6 heteroatoms. The van der Waals surface area contributed by atoms with Gasteiger partial charge >= 0.3 is 0 Å². The molecule has 2 heterocycles. The number of piperazine rings is 1. The molecule has 1 amide bonds. The molecule has 0 bridgehead atoms. The maximum absolute atomic E-state index is 12.6. The van der Waals surface area contributed by atoms with Gasteiger partial charge < -0.3 is 14.7 Å². The van der Waals surface area contributed by atoms with E-state index in [4.69, 9.17) is 0 Å². The Morgan fingerprint density at radius 1 is 1.04 bits per heavy atom. The smallest absolute Gasteiger partial charge is 0.253 e. The topological polar surface area (TPSA) is 52.6 Å². The van der Waals surface area contributed by atoms with Gasteiger partial charge in [0.25, 0.3) is 5.91 Å². The molecule has 3 rings (SSSR count). The van der Waals surface area contributed by atoms with Crippen LogP contribution in [0.15, 0.2) is 36.7 Å². The zero-order valence-corrected chi connectivity index (χ0v) is 14.4. The number of benzene rings is 1. The number of aryl methyl sites for hydroxylation is 1. The molecule has 0 spiro atoms. The molecule has 2 aromatic rings. The first-order valence-electron chi connectivity index (χ1n) is 8.15. The van der Waals surface area contributed by atoms with Crippen LogP contribution in [-0.2, 0) is 0 Å². The van der Waals surface area contributed by atoms with Crippen molar-refractivity contribution in [1.29, 1.82) is 0 Å². The molecule has 0 radical (unpaired) electrons. The van der Waals surface area contributed by atoms with Gasteiger partial charge in [0.05, 0.1) is 0 Å². The standard InChI is InChI=1S/C18H23N5O/c1-14-12-17(20-13-19-14)22-8-10-23(11-9-22)18(24)15-4-6-16(7-5-15)21(2)3/h4-7,12-13H,8-11H2,1-3H3. The van der Waals surface area contributed by atoms with Crippen LogP contribution in [0.4, 0.5) is 11.5 Å². The molecule has 0 saturated carbocycles. The summed E-state index contributed by atoms with van der Waals surface area (Å²) in [5.74, 6) is 1.03. The van der Waals surface area contributed by atoms with E-state index in [2.05, 4.69) is 14.9 Å². The molecular weight excluding hydrogens is 302 g/mol. The average molecular weight is 325 g/mol. The Balaban J connectivity index is 1.62. The van der Waals surface area contributed by atoms with E-state index in [9.17, 15) is 4.79 Å². The summed E-state index contributed by atoms with van der Waals surface area (Å²) in [6.45, 7) is 4.95. The minimum Gasteiger partial charge on any atom is -0.378 e. The predicted octanol–water partition coefficient (Wildman–Crippen LogP) is 1.81. The summed E-state index contributed by atoms with van der Waals surface area (Å²) >= 11 is 0. The molecule has 1 fully saturated rings. The van der Waals surface area contributed by atoms with E-state index in [0.717, 1.165) is 35.9 Å². The highest BCUT2D eigenvalue weighted by molar-refractivity contribution is 5.94. The molecule has 1 aliphatic heterocycles. The van der Waals surface area contributed by atoms with Crippen LogP contribution in [0.3, 0.4) is 0 Å². The van der Waals surface area contributed by atoms with Gasteiger partial charge in [0.15, 0.2) is 0 Å². The highest BCUT2D eigenvalue weighted by Crippen LogP contribution is 2.17. The number of hydrogen-bond donors (Lipinski definition) is 0. The fourth-order valence-corrected chi connectivity index (χ4v) is 2.84. The second kappa shape index (κ2) is 6.86. The van der Waals surface area contributed by atoms with Crippen molar-refractivity contribution in [1.82, 2.24) is 14.9 Å². The fraction of sp³-hybridized carbons (Fsp3) is 0.389. The lowest BCUT2D eigenvalue weighted by atomic mass is 10.1. The second-order valence-electron chi connectivity index (χ2n) is 6.24. The Hall–Kier alpha value is -2.63. The number of rotatable bonds is 3. The van der Waals surface area contributed by atoms with Gasteiger partial charge in [0.1, 0.15) is 12.1 Å². The van der Waals surface area contributed by atoms with E-state index in [1.807, 2.05) is 61.2 Å². The van der Waals surface area contributed by atoms with Crippen LogP contribution in [0.2, 0.25) is 0 Å². The quantitative estimate of drug-likeness (QED) is 0.861. The summed E-state index contributed by atoms with van der Waals surface area (Å²) in [5, 5.41) is 0. The van der Waals surface area contributed by atoms with Gasteiger partial charge in [-0.3, -0.25) is 4.79 Å². The number of anilines is 2. The van der Waals surface area contributed by atoms with E-state index >= 15 is 0 Å². The first-order chi connectivity index (χ1) is 11.5. The number of amides is 1. The zero-order valence-electron chi connectivity index (χ0n) is 14.4. The summed E-state index contributed by atoms with van der Waals surface area (Å²) in [6, 6.07) is 9.74. The Morgan fingerprint density at radius 2 is 1.71 bits per heavy atom. The molecule has 1 saturated heterocycles. The minimum atomic E-state index is 0.0961. The van der Waals surface area contributed by atoms with Crippen LogP contribution >= 0.6 is 0 Å². The van der Waals surface area contributed by atoms with E-state index in [1.165, 1.54) is 0 Å². The number of aromatic nitrogens is 2.